The van der Waals surface area contributed by atoms with Gasteiger partial charge in [0.2, 0.25) is 0 Å². The molecule has 110 valence electrons. The number of nitrogens with zero attached hydrogens (tertiary/aromatic N) is 1. The van der Waals surface area contributed by atoms with Crippen molar-refractivity contribution < 1.29 is 4.79 Å². The van der Waals surface area contributed by atoms with Crippen molar-refractivity contribution in [2.45, 2.75) is 45.6 Å². The third kappa shape index (κ3) is 3.60. The number of nitrogens with one attached hydrogen (secondary N) is 1. The standard InChI is InChI=1S/C17H26N2O/c1-4-18-16-9-11-19(12-10-16)17(20)15-7-5-14(6-8-15)13(2)3/h5-8,13,16,18H,4,9-12H2,1-3H3. The molecule has 2 rings (SSSR count). The van der Waals surface area contributed by atoms with E-state index in [1.54, 1.807) is 0 Å². The van der Waals surface area contributed by atoms with Crippen molar-refractivity contribution in [3.8, 4) is 0 Å². The minimum Gasteiger partial charge on any atom is -0.339 e. The van der Waals surface area contributed by atoms with Crippen LogP contribution in [0.2, 0.25) is 0 Å². The summed E-state index contributed by atoms with van der Waals surface area (Å²) >= 11 is 0. The van der Waals surface area contributed by atoms with Crippen LogP contribution in [0.3, 0.4) is 0 Å². The molecule has 1 aliphatic heterocycles. The summed E-state index contributed by atoms with van der Waals surface area (Å²) in [6, 6.07) is 8.65. The van der Waals surface area contributed by atoms with Crippen molar-refractivity contribution >= 4 is 5.91 Å². The van der Waals surface area contributed by atoms with Gasteiger partial charge in [0.25, 0.3) is 5.91 Å². The molecule has 1 aromatic carbocycles. The summed E-state index contributed by atoms with van der Waals surface area (Å²) in [6.45, 7) is 9.21. The molecule has 1 aliphatic rings. The van der Waals surface area contributed by atoms with Crippen molar-refractivity contribution in [3.63, 3.8) is 0 Å². The van der Waals surface area contributed by atoms with Crippen LogP contribution in [0.5, 0.6) is 0 Å². The molecule has 0 spiro atoms. The normalized spacial score (nSPS) is 16.7. The Morgan fingerprint density at radius 2 is 1.85 bits per heavy atom. The van der Waals surface area contributed by atoms with Gasteiger partial charge in [0.15, 0.2) is 0 Å². The predicted octanol–water partition coefficient (Wildman–Crippen LogP) is 3.02. The molecule has 1 aromatic rings. The fourth-order valence-corrected chi connectivity index (χ4v) is 2.77. The molecular formula is C17H26N2O. The Labute approximate surface area is 122 Å². The van der Waals surface area contributed by atoms with Crippen LogP contribution in [-0.4, -0.2) is 36.5 Å². The van der Waals surface area contributed by atoms with Gasteiger partial charge in [0.05, 0.1) is 0 Å². The number of amides is 1. The Morgan fingerprint density at radius 3 is 2.35 bits per heavy atom. The van der Waals surface area contributed by atoms with E-state index in [9.17, 15) is 4.79 Å². The summed E-state index contributed by atoms with van der Waals surface area (Å²) in [4.78, 5) is 14.4. The number of likely N-dealkylation sites (tertiary alicyclic amines) is 1. The predicted molar refractivity (Wildman–Crippen MR) is 83.1 cm³/mol. The van der Waals surface area contributed by atoms with E-state index in [1.807, 2.05) is 17.0 Å². The maximum atomic E-state index is 12.5. The van der Waals surface area contributed by atoms with Crippen molar-refractivity contribution in [2.24, 2.45) is 0 Å². The first-order valence-electron chi connectivity index (χ1n) is 7.74. The Kier molecular flexibility index (Phi) is 5.18. The summed E-state index contributed by atoms with van der Waals surface area (Å²) < 4.78 is 0. The SMILES string of the molecule is CCNC1CCN(C(=O)c2ccc(C(C)C)cc2)CC1. The molecule has 0 saturated carbocycles. The maximum absolute atomic E-state index is 12.5. The zero-order chi connectivity index (χ0) is 14.5. The number of benzene rings is 1. The van der Waals surface area contributed by atoms with Gasteiger partial charge in [-0.3, -0.25) is 4.79 Å². The van der Waals surface area contributed by atoms with Crippen LogP contribution in [-0.2, 0) is 0 Å². The summed E-state index contributed by atoms with van der Waals surface area (Å²) in [6.07, 6.45) is 2.12. The second-order valence-electron chi connectivity index (χ2n) is 5.90. The van der Waals surface area contributed by atoms with Gasteiger partial charge < -0.3 is 10.2 Å². The molecule has 1 saturated heterocycles. The van der Waals surface area contributed by atoms with Gasteiger partial charge in [-0.2, -0.15) is 0 Å². The van der Waals surface area contributed by atoms with Gasteiger partial charge in [-0.1, -0.05) is 32.9 Å². The fourth-order valence-electron chi connectivity index (χ4n) is 2.77. The lowest BCUT2D eigenvalue weighted by molar-refractivity contribution is 0.0706. The lowest BCUT2D eigenvalue weighted by Gasteiger charge is -2.32. The average molecular weight is 274 g/mol. The number of piperidine rings is 1. The van der Waals surface area contributed by atoms with Gasteiger partial charge in [-0.05, 0) is 43.0 Å². The monoisotopic (exact) mass is 274 g/mol. The molecule has 0 aromatic heterocycles. The van der Waals surface area contributed by atoms with Crippen LogP contribution in [0.25, 0.3) is 0 Å². The Bertz CT molecular complexity index is 431. The molecule has 1 heterocycles. The van der Waals surface area contributed by atoms with Crippen molar-refractivity contribution in [1.82, 2.24) is 10.2 Å². The fraction of sp³-hybridized carbons (Fsp3) is 0.588. The number of carbonyl (C=O) groups excluding carboxylic acids is 1. The van der Waals surface area contributed by atoms with E-state index in [0.717, 1.165) is 38.0 Å². The maximum Gasteiger partial charge on any atom is 0.253 e. The molecule has 0 aliphatic carbocycles. The second kappa shape index (κ2) is 6.89. The van der Waals surface area contributed by atoms with E-state index in [2.05, 4.69) is 38.2 Å². The molecular weight excluding hydrogens is 248 g/mol. The number of hydrogen-bond acceptors (Lipinski definition) is 2. The first kappa shape index (κ1) is 15.0. The van der Waals surface area contributed by atoms with Crippen LogP contribution in [0.1, 0.15) is 55.5 Å². The minimum absolute atomic E-state index is 0.176. The molecule has 1 amide bonds. The number of rotatable bonds is 4. The van der Waals surface area contributed by atoms with Gasteiger partial charge in [0, 0.05) is 24.7 Å². The molecule has 20 heavy (non-hydrogen) atoms. The van der Waals surface area contributed by atoms with Crippen molar-refractivity contribution in [1.29, 1.82) is 0 Å². The zero-order valence-corrected chi connectivity index (χ0v) is 12.9. The molecule has 0 bridgehead atoms. The first-order valence-corrected chi connectivity index (χ1v) is 7.74. The lowest BCUT2D eigenvalue weighted by Crippen LogP contribution is -2.44. The highest BCUT2D eigenvalue weighted by Crippen LogP contribution is 2.17. The summed E-state index contributed by atoms with van der Waals surface area (Å²) in [5, 5.41) is 3.47. The van der Waals surface area contributed by atoms with E-state index in [0.29, 0.717) is 12.0 Å². The Hall–Kier alpha value is -1.35. The largest absolute Gasteiger partial charge is 0.339 e. The van der Waals surface area contributed by atoms with E-state index in [4.69, 9.17) is 0 Å². The highest BCUT2D eigenvalue weighted by atomic mass is 16.2. The topological polar surface area (TPSA) is 32.3 Å². The Balaban J connectivity index is 1.95. The molecule has 3 nitrogen and oxygen atoms in total. The summed E-state index contributed by atoms with van der Waals surface area (Å²) in [5.41, 5.74) is 2.10. The van der Waals surface area contributed by atoms with Crippen LogP contribution >= 0.6 is 0 Å². The molecule has 1 fully saturated rings. The van der Waals surface area contributed by atoms with Crippen molar-refractivity contribution in [3.05, 3.63) is 35.4 Å². The highest BCUT2D eigenvalue weighted by Gasteiger charge is 2.22. The summed E-state index contributed by atoms with van der Waals surface area (Å²) in [5.74, 6) is 0.685. The van der Waals surface area contributed by atoms with Gasteiger partial charge in [-0.15, -0.1) is 0 Å². The lowest BCUT2D eigenvalue weighted by atomic mass is 10.0. The number of hydrogen-bond donors (Lipinski definition) is 1. The molecule has 0 radical (unpaired) electrons. The average Bonchev–Trinajstić information content (AvgIpc) is 2.48. The van der Waals surface area contributed by atoms with E-state index < -0.39 is 0 Å². The minimum atomic E-state index is 0.176. The highest BCUT2D eigenvalue weighted by molar-refractivity contribution is 5.94. The quantitative estimate of drug-likeness (QED) is 0.915. The van der Waals surface area contributed by atoms with E-state index in [-0.39, 0.29) is 5.91 Å². The molecule has 0 atom stereocenters. The molecule has 0 unspecified atom stereocenters. The van der Waals surface area contributed by atoms with Gasteiger partial charge >= 0.3 is 0 Å². The number of carbonyl (C=O) groups is 1. The van der Waals surface area contributed by atoms with Crippen LogP contribution < -0.4 is 5.32 Å². The van der Waals surface area contributed by atoms with Gasteiger partial charge in [-0.25, -0.2) is 0 Å². The molecule has 3 heteroatoms. The third-order valence-corrected chi connectivity index (χ3v) is 4.10. The van der Waals surface area contributed by atoms with E-state index >= 15 is 0 Å². The molecule has 1 N–H and O–H groups in total. The van der Waals surface area contributed by atoms with Crippen LogP contribution in [0.4, 0.5) is 0 Å². The first-order chi connectivity index (χ1) is 9.61. The Morgan fingerprint density at radius 1 is 1.25 bits per heavy atom. The van der Waals surface area contributed by atoms with E-state index in [1.165, 1.54) is 5.56 Å². The van der Waals surface area contributed by atoms with Crippen LogP contribution in [0, 0.1) is 0 Å². The van der Waals surface area contributed by atoms with Gasteiger partial charge in [0.1, 0.15) is 0 Å². The smallest absolute Gasteiger partial charge is 0.253 e. The second-order valence-corrected chi connectivity index (χ2v) is 5.90. The van der Waals surface area contributed by atoms with Crippen LogP contribution in [0.15, 0.2) is 24.3 Å². The van der Waals surface area contributed by atoms with Crippen molar-refractivity contribution in [2.75, 3.05) is 19.6 Å². The summed E-state index contributed by atoms with van der Waals surface area (Å²) in [7, 11) is 0. The zero-order valence-electron chi connectivity index (χ0n) is 12.9. The third-order valence-electron chi connectivity index (χ3n) is 4.10.